The second-order valence-electron chi connectivity index (χ2n) is 3.46. The van der Waals surface area contributed by atoms with Crippen LogP contribution >= 0.6 is 0 Å². The van der Waals surface area contributed by atoms with Gasteiger partial charge in [-0.3, -0.25) is 4.79 Å². The summed E-state index contributed by atoms with van der Waals surface area (Å²) in [5.41, 5.74) is 1.41. The molecule has 0 unspecified atom stereocenters. The Morgan fingerprint density at radius 3 is 2.69 bits per heavy atom. The number of ether oxygens (including phenoxy) is 1. The third kappa shape index (κ3) is 3.85. The van der Waals surface area contributed by atoms with Crippen LogP contribution in [0.2, 0.25) is 0 Å². The predicted molar refractivity (Wildman–Crippen MR) is 61.3 cm³/mol. The van der Waals surface area contributed by atoms with Gasteiger partial charge < -0.3 is 4.74 Å². The Balaban J connectivity index is 2.79. The van der Waals surface area contributed by atoms with E-state index >= 15 is 0 Å². The molecule has 0 saturated carbocycles. The number of halogens is 1. The van der Waals surface area contributed by atoms with Crippen LogP contribution in [0.25, 0.3) is 6.08 Å². The van der Waals surface area contributed by atoms with E-state index in [2.05, 4.69) is 0 Å². The molecule has 0 radical (unpaired) electrons. The summed E-state index contributed by atoms with van der Waals surface area (Å²) in [6.45, 7) is 3.52. The number of hydrogen-bond acceptors (Lipinski definition) is 2. The largest absolute Gasteiger partial charge is 0.461 e. The van der Waals surface area contributed by atoms with Gasteiger partial charge >= 0.3 is 5.97 Å². The highest BCUT2D eigenvalue weighted by Gasteiger charge is 2.01. The highest BCUT2D eigenvalue weighted by molar-refractivity contribution is 5.66. The van der Waals surface area contributed by atoms with Crippen LogP contribution in [0.5, 0.6) is 0 Å². The number of carbonyl (C=O) groups excluding carboxylic acids is 1. The van der Waals surface area contributed by atoms with Crippen molar-refractivity contribution in [3.05, 3.63) is 41.2 Å². The molecule has 1 rings (SSSR count). The molecule has 1 aromatic carbocycles. The fourth-order valence-electron chi connectivity index (χ4n) is 1.25. The quantitative estimate of drug-likeness (QED) is 0.731. The predicted octanol–water partition coefficient (Wildman–Crippen LogP) is 3.18. The molecular formula is C13H15FO2. The summed E-state index contributed by atoms with van der Waals surface area (Å²) in [7, 11) is 0. The molecule has 0 saturated heterocycles. The van der Waals surface area contributed by atoms with Crippen LogP contribution < -0.4 is 0 Å². The first-order valence-electron chi connectivity index (χ1n) is 5.20. The van der Waals surface area contributed by atoms with Crippen molar-refractivity contribution >= 4 is 12.0 Å². The van der Waals surface area contributed by atoms with Gasteiger partial charge in [-0.2, -0.15) is 0 Å². The van der Waals surface area contributed by atoms with E-state index in [0.29, 0.717) is 5.56 Å². The van der Waals surface area contributed by atoms with Gasteiger partial charge in [0, 0.05) is 12.5 Å². The molecule has 0 atom stereocenters. The second-order valence-corrected chi connectivity index (χ2v) is 3.46. The Morgan fingerprint density at radius 2 is 2.12 bits per heavy atom. The molecule has 0 aromatic heterocycles. The van der Waals surface area contributed by atoms with Crippen molar-refractivity contribution in [3.63, 3.8) is 0 Å². The number of hydrogen-bond donors (Lipinski definition) is 0. The highest BCUT2D eigenvalue weighted by atomic mass is 19.1. The van der Waals surface area contributed by atoms with Crippen molar-refractivity contribution < 1.29 is 13.9 Å². The zero-order chi connectivity index (χ0) is 12.0. The van der Waals surface area contributed by atoms with Gasteiger partial charge in [-0.25, -0.2) is 4.39 Å². The summed E-state index contributed by atoms with van der Waals surface area (Å²) in [6.07, 6.45) is 2.44. The van der Waals surface area contributed by atoms with E-state index in [1.807, 2.05) is 6.92 Å². The number of carbonyl (C=O) groups is 1. The summed E-state index contributed by atoms with van der Waals surface area (Å²) in [4.78, 5) is 10.7. The molecule has 0 aliphatic carbocycles. The SMILES string of the molecule is CC/C(=C\c1ccccc1F)COC(C)=O. The van der Waals surface area contributed by atoms with Crippen molar-refractivity contribution in [2.45, 2.75) is 20.3 Å². The molecule has 0 N–H and O–H groups in total. The Hall–Kier alpha value is -1.64. The first-order chi connectivity index (χ1) is 7.63. The molecule has 0 heterocycles. The summed E-state index contributed by atoms with van der Waals surface area (Å²) < 4.78 is 18.2. The summed E-state index contributed by atoms with van der Waals surface area (Å²) in [5.74, 6) is -0.593. The molecule has 16 heavy (non-hydrogen) atoms. The summed E-state index contributed by atoms with van der Waals surface area (Å²) in [5, 5.41) is 0. The number of rotatable bonds is 4. The van der Waals surface area contributed by atoms with E-state index in [4.69, 9.17) is 4.74 Å². The lowest BCUT2D eigenvalue weighted by atomic mass is 10.1. The normalized spacial score (nSPS) is 11.3. The van der Waals surface area contributed by atoms with Crippen LogP contribution in [0.1, 0.15) is 25.8 Å². The highest BCUT2D eigenvalue weighted by Crippen LogP contribution is 2.13. The maximum Gasteiger partial charge on any atom is 0.302 e. The standard InChI is InChI=1S/C13H15FO2/c1-3-11(9-16-10(2)15)8-12-6-4-5-7-13(12)14/h4-8H,3,9H2,1-2H3/b11-8+. The minimum absolute atomic E-state index is 0.222. The van der Waals surface area contributed by atoms with Gasteiger partial charge in [0.1, 0.15) is 12.4 Å². The second kappa shape index (κ2) is 6.05. The topological polar surface area (TPSA) is 26.3 Å². The molecule has 0 aliphatic heterocycles. The molecule has 3 heteroatoms. The lowest BCUT2D eigenvalue weighted by molar-refractivity contribution is -0.139. The third-order valence-corrected chi connectivity index (χ3v) is 2.18. The van der Waals surface area contributed by atoms with Crippen molar-refractivity contribution in [3.8, 4) is 0 Å². The van der Waals surface area contributed by atoms with Crippen LogP contribution in [-0.4, -0.2) is 12.6 Å². The van der Waals surface area contributed by atoms with Gasteiger partial charge in [-0.05, 0) is 24.1 Å². The van der Waals surface area contributed by atoms with Gasteiger partial charge in [0.25, 0.3) is 0 Å². The zero-order valence-corrected chi connectivity index (χ0v) is 9.50. The number of benzene rings is 1. The molecular weight excluding hydrogens is 207 g/mol. The molecule has 1 aromatic rings. The maximum absolute atomic E-state index is 13.3. The Kier molecular flexibility index (Phi) is 4.70. The van der Waals surface area contributed by atoms with Crippen LogP contribution in [0.4, 0.5) is 4.39 Å². The van der Waals surface area contributed by atoms with Crippen molar-refractivity contribution in [2.75, 3.05) is 6.61 Å². The third-order valence-electron chi connectivity index (χ3n) is 2.18. The van der Waals surface area contributed by atoms with E-state index in [1.165, 1.54) is 13.0 Å². The zero-order valence-electron chi connectivity index (χ0n) is 9.50. The molecule has 0 spiro atoms. The van der Waals surface area contributed by atoms with E-state index in [0.717, 1.165) is 12.0 Å². The molecule has 0 aliphatic rings. The van der Waals surface area contributed by atoms with Crippen LogP contribution in [0.15, 0.2) is 29.8 Å². The first-order valence-corrected chi connectivity index (χ1v) is 5.20. The van der Waals surface area contributed by atoms with Gasteiger partial charge in [-0.15, -0.1) is 0 Å². The van der Waals surface area contributed by atoms with Crippen molar-refractivity contribution in [1.29, 1.82) is 0 Å². The molecule has 86 valence electrons. The summed E-state index contributed by atoms with van der Waals surface area (Å²) >= 11 is 0. The average Bonchev–Trinajstić information content (AvgIpc) is 2.26. The Morgan fingerprint density at radius 1 is 1.44 bits per heavy atom. The van der Waals surface area contributed by atoms with E-state index in [-0.39, 0.29) is 18.4 Å². The van der Waals surface area contributed by atoms with Gasteiger partial charge in [0.05, 0.1) is 0 Å². The minimum atomic E-state index is -0.326. The lowest BCUT2D eigenvalue weighted by Gasteiger charge is -2.05. The van der Waals surface area contributed by atoms with E-state index < -0.39 is 0 Å². The van der Waals surface area contributed by atoms with Crippen LogP contribution in [0, 0.1) is 5.82 Å². The number of esters is 1. The lowest BCUT2D eigenvalue weighted by Crippen LogP contribution is -2.02. The Bertz CT molecular complexity index is 397. The van der Waals surface area contributed by atoms with Gasteiger partial charge in [-0.1, -0.05) is 25.1 Å². The average molecular weight is 222 g/mol. The fraction of sp³-hybridized carbons (Fsp3) is 0.308. The van der Waals surface area contributed by atoms with Crippen molar-refractivity contribution in [2.24, 2.45) is 0 Å². The van der Waals surface area contributed by atoms with Crippen LogP contribution in [0.3, 0.4) is 0 Å². The maximum atomic E-state index is 13.3. The first kappa shape index (κ1) is 12.4. The Labute approximate surface area is 94.7 Å². The van der Waals surface area contributed by atoms with E-state index in [1.54, 1.807) is 24.3 Å². The summed E-state index contributed by atoms with van der Waals surface area (Å²) in [6, 6.07) is 6.52. The van der Waals surface area contributed by atoms with Crippen molar-refractivity contribution in [1.82, 2.24) is 0 Å². The van der Waals surface area contributed by atoms with Crippen LogP contribution in [-0.2, 0) is 9.53 Å². The van der Waals surface area contributed by atoms with Gasteiger partial charge in [0.2, 0.25) is 0 Å². The van der Waals surface area contributed by atoms with E-state index in [9.17, 15) is 9.18 Å². The molecule has 0 bridgehead atoms. The monoisotopic (exact) mass is 222 g/mol. The molecule has 0 fully saturated rings. The molecule has 2 nitrogen and oxygen atoms in total. The van der Waals surface area contributed by atoms with Gasteiger partial charge in [0.15, 0.2) is 0 Å². The smallest absolute Gasteiger partial charge is 0.302 e. The molecule has 0 amide bonds. The fourth-order valence-corrected chi connectivity index (χ4v) is 1.25. The minimum Gasteiger partial charge on any atom is -0.461 e.